The fraction of sp³-hybridized carbons (Fsp3) is 0.375. The minimum absolute atomic E-state index is 0.206. The Morgan fingerprint density at radius 3 is 2.75 bits per heavy atom. The molecule has 0 saturated carbocycles. The normalized spacial score (nSPS) is 19.9. The minimum atomic E-state index is -0.322. The Bertz CT molecular complexity index is 927. The van der Waals surface area contributed by atoms with Crippen LogP contribution in [0.5, 0.6) is 5.75 Å². The summed E-state index contributed by atoms with van der Waals surface area (Å²) in [5.41, 5.74) is 3.26. The van der Waals surface area contributed by atoms with Crippen molar-refractivity contribution in [3.63, 3.8) is 0 Å². The predicted octanol–water partition coefficient (Wildman–Crippen LogP) is 4.06. The molecule has 1 saturated heterocycles. The van der Waals surface area contributed by atoms with E-state index in [-0.39, 0.29) is 12.0 Å². The molecule has 28 heavy (non-hydrogen) atoms. The first-order chi connectivity index (χ1) is 13.7. The maximum atomic E-state index is 10.6. The Morgan fingerprint density at radius 1 is 1.04 bits per heavy atom. The summed E-state index contributed by atoms with van der Waals surface area (Å²) in [5, 5.41) is 11.8. The molecule has 0 spiro atoms. The van der Waals surface area contributed by atoms with Crippen LogP contribution < -0.4 is 4.74 Å². The summed E-state index contributed by atoms with van der Waals surface area (Å²) < 4.78 is 5.89. The Hall–Kier alpha value is -2.43. The number of hydrogen-bond donors (Lipinski definition) is 1. The quantitative estimate of drug-likeness (QED) is 0.675. The highest BCUT2D eigenvalue weighted by atomic mass is 16.5. The van der Waals surface area contributed by atoms with Crippen LogP contribution in [0.1, 0.15) is 24.6 Å². The summed E-state index contributed by atoms with van der Waals surface area (Å²) in [6.45, 7) is 5.22. The monoisotopic (exact) mass is 376 g/mol. The van der Waals surface area contributed by atoms with Crippen LogP contribution in [-0.4, -0.2) is 40.8 Å². The van der Waals surface area contributed by atoms with Gasteiger partial charge in [-0.3, -0.25) is 9.88 Å². The average Bonchev–Trinajstić information content (AvgIpc) is 3.06. The van der Waals surface area contributed by atoms with Gasteiger partial charge in [-0.2, -0.15) is 0 Å². The summed E-state index contributed by atoms with van der Waals surface area (Å²) in [5.74, 6) is 1.16. The first-order valence-electron chi connectivity index (χ1n) is 10.2. The molecular weight excluding hydrogens is 348 g/mol. The molecule has 4 nitrogen and oxygen atoms in total. The van der Waals surface area contributed by atoms with E-state index in [1.54, 1.807) is 0 Å². The molecule has 0 radical (unpaired) electrons. The lowest BCUT2D eigenvalue weighted by Gasteiger charge is -2.18. The second-order valence-electron chi connectivity index (χ2n) is 7.68. The number of aliphatic hydroxyl groups excluding tert-OH is 1. The van der Waals surface area contributed by atoms with E-state index in [4.69, 9.17) is 9.72 Å². The molecule has 2 atom stereocenters. The van der Waals surface area contributed by atoms with Gasteiger partial charge < -0.3 is 9.84 Å². The molecule has 146 valence electrons. The lowest BCUT2D eigenvalue weighted by atomic mass is 9.99. The van der Waals surface area contributed by atoms with Crippen LogP contribution in [0.2, 0.25) is 0 Å². The summed E-state index contributed by atoms with van der Waals surface area (Å²) in [6.07, 6.45) is 1.48. The van der Waals surface area contributed by atoms with E-state index in [2.05, 4.69) is 42.2 Å². The Balaban J connectivity index is 1.42. The fourth-order valence-electron chi connectivity index (χ4n) is 3.99. The third-order valence-electron chi connectivity index (χ3n) is 5.44. The molecule has 1 fully saturated rings. The Kier molecular flexibility index (Phi) is 5.89. The lowest BCUT2D eigenvalue weighted by molar-refractivity contribution is 0.140. The number of likely N-dealkylation sites (tertiary alicyclic amines) is 1. The first kappa shape index (κ1) is 18.9. The first-order valence-corrected chi connectivity index (χ1v) is 10.2. The summed E-state index contributed by atoms with van der Waals surface area (Å²) >= 11 is 0. The van der Waals surface area contributed by atoms with Crippen molar-refractivity contribution in [1.29, 1.82) is 0 Å². The maximum Gasteiger partial charge on any atom is 0.123 e. The number of hydrogen-bond acceptors (Lipinski definition) is 4. The second kappa shape index (κ2) is 8.72. The van der Waals surface area contributed by atoms with E-state index in [0.29, 0.717) is 6.54 Å². The van der Waals surface area contributed by atoms with Crippen LogP contribution in [0, 0.1) is 5.92 Å². The zero-order valence-electron chi connectivity index (χ0n) is 16.4. The van der Waals surface area contributed by atoms with Gasteiger partial charge >= 0.3 is 0 Å². The van der Waals surface area contributed by atoms with Gasteiger partial charge in [-0.05, 0) is 31.0 Å². The molecule has 2 aromatic carbocycles. The Labute approximate surface area is 166 Å². The molecule has 1 aliphatic rings. The van der Waals surface area contributed by atoms with Crippen molar-refractivity contribution in [3.05, 3.63) is 71.9 Å². The highest BCUT2D eigenvalue weighted by Gasteiger charge is 2.32. The van der Waals surface area contributed by atoms with E-state index < -0.39 is 0 Å². The number of ether oxygens (including phenoxy) is 1. The average molecular weight is 376 g/mol. The number of nitrogens with zero attached hydrogens (tertiary/aromatic N) is 2. The smallest absolute Gasteiger partial charge is 0.123 e. The number of benzene rings is 2. The zero-order valence-corrected chi connectivity index (χ0v) is 16.4. The van der Waals surface area contributed by atoms with Crippen molar-refractivity contribution in [2.75, 3.05) is 19.7 Å². The lowest BCUT2D eigenvalue weighted by Crippen LogP contribution is -2.21. The van der Waals surface area contributed by atoms with Crippen LogP contribution in [-0.2, 0) is 13.0 Å². The van der Waals surface area contributed by atoms with Gasteiger partial charge in [-0.1, -0.05) is 49.4 Å². The van der Waals surface area contributed by atoms with E-state index in [0.717, 1.165) is 54.9 Å². The third-order valence-corrected chi connectivity index (χ3v) is 5.44. The molecule has 3 aromatic rings. The molecule has 0 aliphatic carbocycles. The summed E-state index contributed by atoms with van der Waals surface area (Å²) in [4.78, 5) is 7.10. The van der Waals surface area contributed by atoms with Crippen molar-refractivity contribution in [2.24, 2.45) is 5.92 Å². The maximum absolute atomic E-state index is 10.6. The van der Waals surface area contributed by atoms with Gasteiger partial charge in [0.25, 0.3) is 0 Å². The molecule has 0 unspecified atom stereocenters. The van der Waals surface area contributed by atoms with Crippen LogP contribution >= 0.6 is 0 Å². The van der Waals surface area contributed by atoms with E-state index >= 15 is 0 Å². The van der Waals surface area contributed by atoms with Gasteiger partial charge in [0.05, 0.1) is 18.2 Å². The van der Waals surface area contributed by atoms with Gasteiger partial charge in [0.15, 0.2) is 0 Å². The van der Waals surface area contributed by atoms with E-state index in [1.807, 2.05) is 30.3 Å². The van der Waals surface area contributed by atoms with Crippen LogP contribution in [0.15, 0.2) is 60.7 Å². The second-order valence-corrected chi connectivity index (χ2v) is 7.68. The molecule has 1 N–H and O–H groups in total. The van der Waals surface area contributed by atoms with Crippen LogP contribution in [0.25, 0.3) is 10.9 Å². The number of β-amino-alcohol motifs (C(OH)–C–C–N with tert-alkyl or cyclic N) is 1. The largest absolute Gasteiger partial charge is 0.493 e. The Morgan fingerprint density at radius 2 is 1.86 bits per heavy atom. The van der Waals surface area contributed by atoms with Crippen molar-refractivity contribution >= 4 is 10.9 Å². The van der Waals surface area contributed by atoms with Crippen molar-refractivity contribution < 1.29 is 9.84 Å². The van der Waals surface area contributed by atoms with Gasteiger partial charge in [-0.15, -0.1) is 0 Å². The predicted molar refractivity (Wildman–Crippen MR) is 112 cm³/mol. The van der Waals surface area contributed by atoms with Gasteiger partial charge in [0.2, 0.25) is 0 Å². The van der Waals surface area contributed by atoms with Crippen molar-refractivity contribution in [1.82, 2.24) is 9.88 Å². The molecule has 1 aliphatic heterocycles. The number of rotatable bonds is 7. The van der Waals surface area contributed by atoms with E-state index in [1.165, 1.54) is 5.56 Å². The zero-order chi connectivity index (χ0) is 19.3. The fourth-order valence-corrected chi connectivity index (χ4v) is 3.99. The van der Waals surface area contributed by atoms with Crippen LogP contribution in [0.3, 0.4) is 0 Å². The number of pyridine rings is 1. The van der Waals surface area contributed by atoms with Crippen molar-refractivity contribution in [2.45, 2.75) is 32.4 Å². The number of fused-ring (bicyclic) bond motifs is 1. The van der Waals surface area contributed by atoms with Gasteiger partial charge in [-0.25, -0.2) is 0 Å². The molecule has 4 rings (SSSR count). The minimum Gasteiger partial charge on any atom is -0.493 e. The summed E-state index contributed by atoms with van der Waals surface area (Å²) in [6, 6.07) is 20.6. The standard InChI is InChI=1S/C24H28N2O2/c1-2-13-28-24-10-6-4-8-19(24)15-26-16-20(23(27)17-26)14-21-12-11-18-7-3-5-9-22(18)25-21/h3-12,20,23,27H,2,13-17H2,1H3/t20-,23-/m1/s1. The van der Waals surface area contributed by atoms with Crippen molar-refractivity contribution in [3.8, 4) is 5.75 Å². The highest BCUT2D eigenvalue weighted by Crippen LogP contribution is 2.26. The highest BCUT2D eigenvalue weighted by molar-refractivity contribution is 5.78. The summed E-state index contributed by atoms with van der Waals surface area (Å²) in [7, 11) is 0. The molecular formula is C24H28N2O2. The topological polar surface area (TPSA) is 45.6 Å². The SMILES string of the molecule is CCCOc1ccccc1CN1C[C@@H](Cc2ccc3ccccc3n2)[C@H](O)C1. The number of aromatic nitrogens is 1. The third kappa shape index (κ3) is 4.34. The van der Waals surface area contributed by atoms with Gasteiger partial charge in [0.1, 0.15) is 5.75 Å². The molecule has 4 heteroatoms. The number of aliphatic hydroxyl groups is 1. The molecule has 1 aromatic heterocycles. The van der Waals surface area contributed by atoms with Gasteiger partial charge in [0, 0.05) is 42.2 Å². The van der Waals surface area contributed by atoms with E-state index in [9.17, 15) is 5.11 Å². The molecule has 0 bridgehead atoms. The molecule has 0 amide bonds. The van der Waals surface area contributed by atoms with Crippen LogP contribution in [0.4, 0.5) is 0 Å². The number of para-hydroxylation sites is 2. The molecule has 2 heterocycles.